The number of amides is 4. The summed E-state index contributed by atoms with van der Waals surface area (Å²) in [5, 5.41) is 28.8. The maximum absolute atomic E-state index is 13.4. The number of carboxylic acid groups (broad SMARTS) is 2. The highest BCUT2D eigenvalue weighted by Gasteiger charge is 2.33. The molecule has 0 aliphatic rings. The van der Waals surface area contributed by atoms with E-state index in [1.807, 2.05) is 18.2 Å². The lowest BCUT2D eigenvalue weighted by Gasteiger charge is -2.28. The van der Waals surface area contributed by atoms with Crippen LogP contribution in [-0.2, 0) is 35.2 Å². The van der Waals surface area contributed by atoms with Gasteiger partial charge in [0, 0.05) is 13.0 Å². The highest BCUT2D eigenvalue weighted by Crippen LogP contribution is 2.09. The van der Waals surface area contributed by atoms with Crippen LogP contribution in [0.1, 0.15) is 58.9 Å². The van der Waals surface area contributed by atoms with E-state index in [0.29, 0.717) is 0 Å². The molecule has 0 aliphatic heterocycles. The van der Waals surface area contributed by atoms with Crippen molar-refractivity contribution in [2.24, 2.45) is 34.0 Å². The van der Waals surface area contributed by atoms with Crippen molar-refractivity contribution in [1.29, 1.82) is 0 Å². The van der Waals surface area contributed by atoms with E-state index in [1.165, 1.54) is 0 Å². The molecule has 16 heteroatoms. The first-order valence-corrected chi connectivity index (χ1v) is 15.0. The number of carbonyl (C=O) groups excluding carboxylic acids is 4. The van der Waals surface area contributed by atoms with Gasteiger partial charge in [-0.3, -0.25) is 29.0 Å². The summed E-state index contributed by atoms with van der Waals surface area (Å²) in [5.41, 5.74) is 17.6. The zero-order valence-corrected chi connectivity index (χ0v) is 26.7. The quantitative estimate of drug-likeness (QED) is 0.0460. The second-order valence-corrected chi connectivity index (χ2v) is 11.6. The molecule has 5 atom stereocenters. The summed E-state index contributed by atoms with van der Waals surface area (Å²) in [4.78, 5) is 79.7. The maximum Gasteiger partial charge on any atom is 0.326 e. The molecular formula is C30H48N8O8. The van der Waals surface area contributed by atoms with E-state index in [1.54, 1.807) is 39.8 Å². The molecule has 1 aromatic rings. The Bertz CT molecular complexity index is 1220. The number of nitrogens with one attached hydrogen (secondary N) is 4. The second kappa shape index (κ2) is 19.6. The molecule has 1 aromatic carbocycles. The fourth-order valence-corrected chi connectivity index (χ4v) is 4.37. The lowest BCUT2D eigenvalue weighted by molar-refractivity contribution is -0.143. The van der Waals surface area contributed by atoms with Gasteiger partial charge < -0.3 is 48.7 Å². The van der Waals surface area contributed by atoms with Gasteiger partial charge in [0.2, 0.25) is 23.6 Å². The van der Waals surface area contributed by atoms with Crippen LogP contribution < -0.4 is 38.5 Å². The Balaban J connectivity index is 3.15. The van der Waals surface area contributed by atoms with E-state index < -0.39 is 84.0 Å². The number of carbonyl (C=O) groups is 6. The minimum absolute atomic E-state index is 0.0115. The number of nitrogens with two attached hydrogens (primary N) is 3. The highest BCUT2D eigenvalue weighted by molar-refractivity contribution is 5.95. The van der Waals surface area contributed by atoms with Gasteiger partial charge in [0.25, 0.3) is 0 Å². The van der Waals surface area contributed by atoms with Crippen LogP contribution in [0.25, 0.3) is 0 Å². The summed E-state index contributed by atoms with van der Waals surface area (Å²) in [5.74, 6) is -6.67. The predicted molar refractivity (Wildman–Crippen MR) is 170 cm³/mol. The number of rotatable bonds is 20. The van der Waals surface area contributed by atoms with Crippen LogP contribution in [0.3, 0.4) is 0 Å². The standard InChI is InChI=1S/C30H48N8O8/c1-16(2)23(37-25(41)19(31)15-18-9-6-5-7-10-18)28(44)36-21(12-13-22(39)40)26(42)35-20(11-8-14-34-30(32)33)27(43)38-24(17(3)4)29(45)46/h5-7,9-10,16-17,19-21,23-24H,8,11-15,31H2,1-4H3,(H,35,42)(H,36,44)(H,37,41)(H,38,43)(H,39,40)(H,45,46)(H4,32,33,34)/t19-,20-,21-,23-,24-/m0/s1. The third-order valence-electron chi connectivity index (χ3n) is 6.97. The molecule has 4 amide bonds. The van der Waals surface area contributed by atoms with Crippen molar-refractivity contribution in [3.8, 4) is 0 Å². The van der Waals surface area contributed by atoms with Crippen LogP contribution in [0, 0.1) is 11.8 Å². The highest BCUT2D eigenvalue weighted by atomic mass is 16.4. The van der Waals surface area contributed by atoms with Gasteiger partial charge in [0.05, 0.1) is 6.04 Å². The number of carboxylic acids is 2. The van der Waals surface area contributed by atoms with Gasteiger partial charge in [0.1, 0.15) is 24.2 Å². The molecule has 16 nitrogen and oxygen atoms in total. The van der Waals surface area contributed by atoms with E-state index >= 15 is 0 Å². The average Bonchev–Trinajstić information content (AvgIpc) is 2.97. The van der Waals surface area contributed by atoms with E-state index in [4.69, 9.17) is 17.2 Å². The molecule has 1 rings (SSSR count). The Morgan fingerprint density at radius 3 is 1.78 bits per heavy atom. The molecule has 0 heterocycles. The molecule has 0 spiro atoms. The SMILES string of the molecule is CC(C)[C@H](NC(=O)[C@H](CCCN=C(N)N)NC(=O)[C@H](CCC(=O)O)NC(=O)[C@@H](NC(=O)[C@@H](N)Cc1ccccc1)C(C)C)C(=O)O. The van der Waals surface area contributed by atoms with Crippen molar-refractivity contribution in [3.63, 3.8) is 0 Å². The van der Waals surface area contributed by atoms with Crippen molar-refractivity contribution >= 4 is 41.5 Å². The first-order chi connectivity index (χ1) is 21.5. The van der Waals surface area contributed by atoms with Crippen molar-refractivity contribution < 1.29 is 39.0 Å². The first-order valence-electron chi connectivity index (χ1n) is 15.0. The second-order valence-electron chi connectivity index (χ2n) is 11.6. The summed E-state index contributed by atoms with van der Waals surface area (Å²) in [7, 11) is 0. The molecule has 12 N–H and O–H groups in total. The molecule has 46 heavy (non-hydrogen) atoms. The third-order valence-corrected chi connectivity index (χ3v) is 6.97. The van der Waals surface area contributed by atoms with E-state index in [9.17, 15) is 39.0 Å². The number of nitrogens with zero attached hydrogens (tertiary/aromatic N) is 1. The summed E-state index contributed by atoms with van der Waals surface area (Å²) < 4.78 is 0. The Morgan fingerprint density at radius 2 is 1.26 bits per heavy atom. The Kier molecular flexibility index (Phi) is 16.8. The van der Waals surface area contributed by atoms with Crippen molar-refractivity contribution in [2.45, 2.75) is 90.0 Å². The summed E-state index contributed by atoms with van der Waals surface area (Å²) in [6.45, 7) is 6.65. The average molecular weight is 649 g/mol. The Morgan fingerprint density at radius 1 is 0.739 bits per heavy atom. The normalized spacial score (nSPS) is 14.2. The van der Waals surface area contributed by atoms with Crippen LogP contribution >= 0.6 is 0 Å². The van der Waals surface area contributed by atoms with E-state index in [-0.39, 0.29) is 38.2 Å². The smallest absolute Gasteiger partial charge is 0.326 e. The van der Waals surface area contributed by atoms with E-state index in [2.05, 4.69) is 26.3 Å². The van der Waals surface area contributed by atoms with Gasteiger partial charge >= 0.3 is 11.9 Å². The molecule has 256 valence electrons. The fraction of sp³-hybridized carbons (Fsp3) is 0.567. The van der Waals surface area contributed by atoms with Gasteiger partial charge in [-0.2, -0.15) is 0 Å². The maximum atomic E-state index is 13.4. The predicted octanol–water partition coefficient (Wildman–Crippen LogP) is -1.19. The molecule has 0 bridgehead atoms. The molecule has 0 aromatic heterocycles. The molecule has 0 aliphatic carbocycles. The van der Waals surface area contributed by atoms with Gasteiger partial charge in [-0.25, -0.2) is 4.79 Å². The zero-order valence-electron chi connectivity index (χ0n) is 26.7. The summed E-state index contributed by atoms with van der Waals surface area (Å²) >= 11 is 0. The minimum atomic E-state index is -1.42. The monoisotopic (exact) mass is 648 g/mol. The number of aliphatic imine (C=N–C) groups is 1. The Hall–Kier alpha value is -4.73. The number of hydrogen-bond acceptors (Lipinski definition) is 8. The largest absolute Gasteiger partial charge is 0.481 e. The van der Waals surface area contributed by atoms with Gasteiger partial charge in [-0.05, 0) is 43.1 Å². The van der Waals surface area contributed by atoms with Gasteiger partial charge in [-0.15, -0.1) is 0 Å². The van der Waals surface area contributed by atoms with E-state index in [0.717, 1.165) is 5.56 Å². The number of guanidine groups is 1. The van der Waals surface area contributed by atoms with Crippen LogP contribution in [0.15, 0.2) is 35.3 Å². The van der Waals surface area contributed by atoms with Crippen molar-refractivity contribution in [1.82, 2.24) is 21.3 Å². The molecule has 0 radical (unpaired) electrons. The van der Waals surface area contributed by atoms with Crippen LogP contribution in [0.4, 0.5) is 0 Å². The lowest BCUT2D eigenvalue weighted by atomic mass is 10.00. The zero-order chi connectivity index (χ0) is 35.0. The minimum Gasteiger partial charge on any atom is -0.481 e. The van der Waals surface area contributed by atoms with Crippen LogP contribution in [0.2, 0.25) is 0 Å². The third kappa shape index (κ3) is 14.4. The summed E-state index contributed by atoms with van der Waals surface area (Å²) in [6.07, 6.45) is -0.427. The van der Waals surface area contributed by atoms with Crippen LogP contribution in [-0.4, -0.2) is 88.5 Å². The van der Waals surface area contributed by atoms with Crippen LogP contribution in [0.5, 0.6) is 0 Å². The van der Waals surface area contributed by atoms with Crippen molar-refractivity contribution in [3.05, 3.63) is 35.9 Å². The summed E-state index contributed by atoms with van der Waals surface area (Å²) in [6, 6.07) is 3.00. The molecule has 0 fully saturated rings. The number of aliphatic carboxylic acids is 2. The molecule has 0 saturated heterocycles. The molecular weight excluding hydrogens is 600 g/mol. The fourth-order valence-electron chi connectivity index (χ4n) is 4.37. The lowest BCUT2D eigenvalue weighted by Crippen LogP contribution is -2.59. The topological polar surface area (TPSA) is 281 Å². The Labute approximate surface area is 268 Å². The number of benzene rings is 1. The van der Waals surface area contributed by atoms with Gasteiger partial charge in [-0.1, -0.05) is 58.0 Å². The van der Waals surface area contributed by atoms with Gasteiger partial charge in [0.15, 0.2) is 5.96 Å². The molecule has 0 unspecified atom stereocenters. The molecule has 0 saturated carbocycles. The number of hydrogen-bond donors (Lipinski definition) is 9. The first kappa shape index (κ1) is 39.3. The van der Waals surface area contributed by atoms with Crippen molar-refractivity contribution in [2.75, 3.05) is 6.54 Å².